The van der Waals surface area contributed by atoms with Crippen LogP contribution in [0.2, 0.25) is 0 Å². The molecule has 0 spiro atoms. The predicted molar refractivity (Wildman–Crippen MR) is 86.0 cm³/mol. The molecule has 0 radical (unpaired) electrons. The maximum Gasteiger partial charge on any atom is 0.242 e. The molecule has 1 aliphatic rings. The Bertz CT molecular complexity index is 603. The normalized spacial score (nSPS) is 19.9. The van der Waals surface area contributed by atoms with E-state index in [0.29, 0.717) is 5.92 Å². The molecule has 1 saturated heterocycles. The molecule has 1 fully saturated rings. The quantitative estimate of drug-likeness (QED) is 0.777. The highest BCUT2D eigenvalue weighted by Crippen LogP contribution is 2.25. The van der Waals surface area contributed by atoms with E-state index in [-0.39, 0.29) is 10.6 Å². The van der Waals surface area contributed by atoms with Crippen molar-refractivity contribution in [2.24, 2.45) is 5.92 Å². The van der Waals surface area contributed by atoms with E-state index in [1.165, 1.54) is 13.5 Å². The summed E-state index contributed by atoms with van der Waals surface area (Å²) in [5, 5.41) is 0. The zero-order chi connectivity index (χ0) is 15.6. The van der Waals surface area contributed by atoms with E-state index < -0.39 is 10.0 Å². The van der Waals surface area contributed by atoms with Crippen molar-refractivity contribution in [2.45, 2.75) is 11.3 Å². The molecule has 1 heterocycles. The van der Waals surface area contributed by atoms with E-state index in [1.54, 1.807) is 18.2 Å². The lowest BCUT2D eigenvalue weighted by atomic mass is 10.1. The van der Waals surface area contributed by atoms with Gasteiger partial charge in [-0.05, 0) is 51.2 Å². The summed E-state index contributed by atoms with van der Waals surface area (Å²) in [6.45, 7) is 3.19. The van der Waals surface area contributed by atoms with Gasteiger partial charge in [0.2, 0.25) is 10.0 Å². The Balaban J connectivity index is 2.12. The Morgan fingerprint density at radius 2 is 2.19 bits per heavy atom. The maximum absolute atomic E-state index is 11.8. The molecule has 118 valence electrons. The monoisotopic (exact) mass is 312 g/mol. The molecule has 1 aromatic rings. The van der Waals surface area contributed by atoms with Gasteiger partial charge in [-0.3, -0.25) is 0 Å². The highest BCUT2D eigenvalue weighted by atomic mass is 32.2. The fourth-order valence-corrected chi connectivity index (χ4v) is 3.63. The van der Waals surface area contributed by atoms with E-state index in [9.17, 15) is 8.42 Å². The van der Waals surface area contributed by atoms with Gasteiger partial charge in [0.05, 0.1) is 5.69 Å². The molecule has 6 nitrogen and oxygen atoms in total. The molecular formula is C14H24N4O2S. The fraction of sp³-hybridized carbons (Fsp3) is 0.571. The van der Waals surface area contributed by atoms with Gasteiger partial charge in [0.15, 0.2) is 0 Å². The molecule has 0 bridgehead atoms. The third-order valence-corrected chi connectivity index (χ3v) is 5.50. The number of anilines is 2. The Kier molecular flexibility index (Phi) is 4.75. The van der Waals surface area contributed by atoms with Crippen LogP contribution in [0.4, 0.5) is 11.4 Å². The topological polar surface area (TPSA) is 78.7 Å². The van der Waals surface area contributed by atoms with Crippen LogP contribution in [-0.4, -0.2) is 54.1 Å². The van der Waals surface area contributed by atoms with Crippen LogP contribution in [0.25, 0.3) is 0 Å². The van der Waals surface area contributed by atoms with Crippen LogP contribution < -0.4 is 15.4 Å². The van der Waals surface area contributed by atoms with Crippen LogP contribution in [0.5, 0.6) is 0 Å². The number of hydrogen-bond acceptors (Lipinski definition) is 5. The molecule has 7 heteroatoms. The van der Waals surface area contributed by atoms with Gasteiger partial charge in [0.25, 0.3) is 0 Å². The number of likely N-dealkylation sites (tertiary alicyclic amines) is 1. The average Bonchev–Trinajstić information content (AvgIpc) is 2.83. The molecule has 1 aliphatic heterocycles. The smallest absolute Gasteiger partial charge is 0.242 e. The van der Waals surface area contributed by atoms with Crippen LogP contribution in [0, 0.1) is 5.92 Å². The van der Waals surface area contributed by atoms with E-state index in [2.05, 4.69) is 21.6 Å². The molecule has 0 saturated carbocycles. The lowest BCUT2D eigenvalue weighted by Gasteiger charge is -2.24. The van der Waals surface area contributed by atoms with E-state index in [4.69, 9.17) is 5.73 Å². The van der Waals surface area contributed by atoms with E-state index in [0.717, 1.165) is 25.3 Å². The summed E-state index contributed by atoms with van der Waals surface area (Å²) in [5.74, 6) is 0.641. The summed E-state index contributed by atoms with van der Waals surface area (Å²) < 4.78 is 25.9. The summed E-state index contributed by atoms with van der Waals surface area (Å²) in [4.78, 5) is 4.59. The molecular weight excluding hydrogens is 288 g/mol. The molecule has 1 atom stereocenters. The highest BCUT2D eigenvalue weighted by Gasteiger charge is 2.22. The van der Waals surface area contributed by atoms with Crippen molar-refractivity contribution in [1.82, 2.24) is 9.62 Å². The molecule has 1 aromatic carbocycles. The maximum atomic E-state index is 11.8. The van der Waals surface area contributed by atoms with Crippen molar-refractivity contribution in [3.63, 3.8) is 0 Å². The average molecular weight is 312 g/mol. The number of nitrogens with zero attached hydrogens (tertiary/aromatic N) is 2. The Morgan fingerprint density at radius 1 is 1.48 bits per heavy atom. The second-order valence-electron chi connectivity index (χ2n) is 5.73. The first kappa shape index (κ1) is 16.1. The first-order valence-corrected chi connectivity index (χ1v) is 8.54. The fourth-order valence-electron chi connectivity index (χ4n) is 2.80. The summed E-state index contributed by atoms with van der Waals surface area (Å²) in [6, 6.07) is 5.09. The summed E-state index contributed by atoms with van der Waals surface area (Å²) in [6.07, 6.45) is 1.20. The standard InChI is InChI=1S/C14H24N4O2S/c1-16-21(19,20)14-5-4-12(8-13(14)15)18(3)10-11-6-7-17(2)9-11/h4-5,8,11,16H,6-7,9-10,15H2,1-3H3. The van der Waals surface area contributed by atoms with Crippen LogP contribution in [-0.2, 0) is 10.0 Å². The molecule has 1 unspecified atom stereocenters. The zero-order valence-electron chi connectivity index (χ0n) is 12.8. The number of nitrogen functional groups attached to an aromatic ring is 1. The minimum atomic E-state index is -3.50. The van der Waals surface area contributed by atoms with Crippen molar-refractivity contribution in [1.29, 1.82) is 0 Å². The lowest BCUT2D eigenvalue weighted by Crippen LogP contribution is -2.27. The third-order valence-electron chi connectivity index (χ3n) is 4.01. The Labute approximate surface area is 127 Å². The molecule has 0 aliphatic carbocycles. The van der Waals surface area contributed by atoms with Gasteiger partial charge in [0, 0.05) is 25.8 Å². The van der Waals surface area contributed by atoms with Crippen molar-refractivity contribution >= 4 is 21.4 Å². The van der Waals surface area contributed by atoms with Crippen molar-refractivity contribution in [2.75, 3.05) is 51.4 Å². The van der Waals surface area contributed by atoms with Gasteiger partial charge >= 0.3 is 0 Å². The second-order valence-corrected chi connectivity index (χ2v) is 7.58. The molecule has 3 N–H and O–H groups in total. The van der Waals surface area contributed by atoms with Crippen LogP contribution >= 0.6 is 0 Å². The van der Waals surface area contributed by atoms with Gasteiger partial charge in [-0.2, -0.15) is 0 Å². The number of nitrogens with one attached hydrogen (secondary N) is 1. The molecule has 0 aromatic heterocycles. The first-order valence-electron chi connectivity index (χ1n) is 7.06. The predicted octanol–water partition coefficient (Wildman–Crippen LogP) is 0.565. The van der Waals surface area contributed by atoms with Crippen molar-refractivity contribution in [3.05, 3.63) is 18.2 Å². The van der Waals surface area contributed by atoms with Gasteiger partial charge in [-0.1, -0.05) is 0 Å². The van der Waals surface area contributed by atoms with E-state index in [1.807, 2.05) is 7.05 Å². The van der Waals surface area contributed by atoms with Gasteiger partial charge in [-0.25, -0.2) is 13.1 Å². The number of hydrogen-bond donors (Lipinski definition) is 2. The van der Waals surface area contributed by atoms with Crippen molar-refractivity contribution in [3.8, 4) is 0 Å². The number of sulfonamides is 1. The van der Waals surface area contributed by atoms with Gasteiger partial charge in [-0.15, -0.1) is 0 Å². The minimum Gasteiger partial charge on any atom is -0.398 e. The van der Waals surface area contributed by atoms with Crippen LogP contribution in [0.1, 0.15) is 6.42 Å². The Morgan fingerprint density at radius 3 is 2.71 bits per heavy atom. The number of nitrogens with two attached hydrogens (primary N) is 1. The van der Waals surface area contributed by atoms with Crippen molar-refractivity contribution < 1.29 is 8.42 Å². The highest BCUT2D eigenvalue weighted by molar-refractivity contribution is 7.89. The van der Waals surface area contributed by atoms with Gasteiger partial charge in [0.1, 0.15) is 4.90 Å². The largest absolute Gasteiger partial charge is 0.398 e. The zero-order valence-corrected chi connectivity index (χ0v) is 13.7. The van der Waals surface area contributed by atoms with E-state index >= 15 is 0 Å². The first-order chi connectivity index (χ1) is 9.83. The number of benzene rings is 1. The van der Waals surface area contributed by atoms with Crippen LogP contribution in [0.15, 0.2) is 23.1 Å². The summed E-state index contributed by atoms with van der Waals surface area (Å²) in [5.41, 5.74) is 7.11. The Hall–Kier alpha value is -1.31. The number of rotatable bonds is 5. The lowest BCUT2D eigenvalue weighted by molar-refractivity contribution is 0.396. The summed E-state index contributed by atoms with van der Waals surface area (Å²) >= 11 is 0. The summed E-state index contributed by atoms with van der Waals surface area (Å²) in [7, 11) is 2.03. The third kappa shape index (κ3) is 3.66. The van der Waals surface area contributed by atoms with Crippen LogP contribution in [0.3, 0.4) is 0 Å². The van der Waals surface area contributed by atoms with Gasteiger partial charge < -0.3 is 15.5 Å². The molecule has 0 amide bonds. The molecule has 21 heavy (non-hydrogen) atoms. The SMILES string of the molecule is CNS(=O)(=O)c1ccc(N(C)CC2CCN(C)C2)cc1N. The minimum absolute atomic E-state index is 0.128. The molecule has 2 rings (SSSR count). The second kappa shape index (κ2) is 6.21.